The van der Waals surface area contributed by atoms with E-state index in [4.69, 9.17) is 5.26 Å². The van der Waals surface area contributed by atoms with Crippen molar-refractivity contribution in [2.75, 3.05) is 31.5 Å². The lowest BCUT2D eigenvalue weighted by Gasteiger charge is -2.27. The van der Waals surface area contributed by atoms with Gasteiger partial charge in [-0.2, -0.15) is 9.57 Å². The van der Waals surface area contributed by atoms with E-state index in [0.29, 0.717) is 37.7 Å². The van der Waals surface area contributed by atoms with Crippen molar-refractivity contribution in [3.8, 4) is 6.07 Å². The van der Waals surface area contributed by atoms with Crippen LogP contribution < -0.4 is 5.32 Å². The molecular formula is C20H28N4O3S. The molecule has 152 valence electrons. The fraction of sp³-hybridized carbons (Fsp3) is 0.600. The SMILES string of the molecule is CC(C1CC1)N(CCC#N)CC(=O)Nc1cccc(S(=O)(=O)N2CCCC2)c1. The van der Waals surface area contributed by atoms with Gasteiger partial charge in [0.25, 0.3) is 0 Å². The average Bonchev–Trinajstić information content (AvgIpc) is 3.37. The molecule has 1 saturated heterocycles. The summed E-state index contributed by atoms with van der Waals surface area (Å²) in [7, 11) is -3.51. The number of nitrogens with one attached hydrogen (secondary N) is 1. The van der Waals surface area contributed by atoms with Gasteiger partial charge >= 0.3 is 0 Å². The highest BCUT2D eigenvalue weighted by Gasteiger charge is 2.32. The molecule has 0 radical (unpaired) electrons. The molecular weight excluding hydrogens is 376 g/mol. The number of benzene rings is 1. The van der Waals surface area contributed by atoms with Gasteiger partial charge in [0.05, 0.1) is 17.5 Å². The zero-order valence-corrected chi connectivity index (χ0v) is 17.1. The van der Waals surface area contributed by atoms with E-state index < -0.39 is 10.0 Å². The number of hydrogen-bond donors (Lipinski definition) is 1. The lowest BCUT2D eigenvalue weighted by Crippen LogP contribution is -2.41. The predicted molar refractivity (Wildman–Crippen MR) is 107 cm³/mol. The molecule has 28 heavy (non-hydrogen) atoms. The van der Waals surface area contributed by atoms with Crippen LogP contribution in [0.3, 0.4) is 0 Å². The molecule has 2 fully saturated rings. The van der Waals surface area contributed by atoms with Crippen LogP contribution in [0.5, 0.6) is 0 Å². The normalized spacial score (nSPS) is 18.8. The van der Waals surface area contributed by atoms with Gasteiger partial charge in [0.1, 0.15) is 0 Å². The summed E-state index contributed by atoms with van der Waals surface area (Å²) < 4.78 is 26.9. The van der Waals surface area contributed by atoms with Gasteiger partial charge in [-0.05, 0) is 56.7 Å². The van der Waals surface area contributed by atoms with Crippen LogP contribution in [0.25, 0.3) is 0 Å². The second-order valence-electron chi connectivity index (χ2n) is 7.64. The monoisotopic (exact) mass is 404 g/mol. The minimum Gasteiger partial charge on any atom is -0.325 e. The van der Waals surface area contributed by atoms with Gasteiger partial charge < -0.3 is 5.32 Å². The number of sulfonamides is 1. The topological polar surface area (TPSA) is 93.5 Å². The summed E-state index contributed by atoms with van der Waals surface area (Å²) in [5, 5.41) is 11.7. The van der Waals surface area contributed by atoms with E-state index in [1.807, 2.05) is 4.90 Å². The molecule has 1 unspecified atom stereocenters. The lowest BCUT2D eigenvalue weighted by atomic mass is 10.1. The van der Waals surface area contributed by atoms with Crippen LogP contribution in [0.1, 0.15) is 39.0 Å². The van der Waals surface area contributed by atoms with Crippen molar-refractivity contribution in [3.05, 3.63) is 24.3 Å². The maximum absolute atomic E-state index is 12.7. The number of carbonyl (C=O) groups excluding carboxylic acids is 1. The van der Waals surface area contributed by atoms with E-state index in [1.54, 1.807) is 18.2 Å². The zero-order valence-electron chi connectivity index (χ0n) is 16.3. The second kappa shape index (κ2) is 9.03. The molecule has 0 spiro atoms. The molecule has 1 saturated carbocycles. The standard InChI is InChI=1S/C20H28N4O3S/c1-16(17-8-9-17)23(11-5-10-21)15-20(25)22-18-6-4-7-19(14-18)28(26,27)24-12-2-3-13-24/h4,6-7,14,16-17H,2-3,5,8-9,11-13,15H2,1H3,(H,22,25). The maximum Gasteiger partial charge on any atom is 0.243 e. The third-order valence-corrected chi connectivity index (χ3v) is 7.45. The first-order chi connectivity index (χ1) is 13.4. The van der Waals surface area contributed by atoms with Crippen LogP contribution >= 0.6 is 0 Å². The molecule has 7 nitrogen and oxygen atoms in total. The third kappa shape index (κ3) is 5.10. The summed E-state index contributed by atoms with van der Waals surface area (Å²) in [6, 6.07) is 8.85. The predicted octanol–water partition coefficient (Wildman–Crippen LogP) is 2.42. The Hall–Kier alpha value is -1.95. The summed E-state index contributed by atoms with van der Waals surface area (Å²) >= 11 is 0. The molecule has 1 aromatic carbocycles. The van der Waals surface area contributed by atoms with E-state index in [1.165, 1.54) is 23.2 Å². The van der Waals surface area contributed by atoms with Crippen molar-refractivity contribution < 1.29 is 13.2 Å². The molecule has 3 rings (SSSR count). The minimum atomic E-state index is -3.51. The summed E-state index contributed by atoms with van der Waals surface area (Å²) in [4.78, 5) is 14.8. The first-order valence-electron chi connectivity index (χ1n) is 9.93. The molecule has 2 aliphatic rings. The van der Waals surface area contributed by atoms with Gasteiger partial charge in [0, 0.05) is 37.8 Å². The van der Waals surface area contributed by atoms with E-state index in [2.05, 4.69) is 18.3 Å². The Kier molecular flexibility index (Phi) is 6.70. The Balaban J connectivity index is 1.65. The minimum absolute atomic E-state index is 0.193. The number of anilines is 1. The van der Waals surface area contributed by atoms with Gasteiger partial charge in [0.2, 0.25) is 15.9 Å². The summed E-state index contributed by atoms with van der Waals surface area (Å²) in [5.41, 5.74) is 0.476. The number of nitriles is 1. The Morgan fingerprint density at radius 2 is 2.07 bits per heavy atom. The number of amides is 1. The molecule has 1 heterocycles. The number of carbonyl (C=O) groups is 1. The third-order valence-electron chi connectivity index (χ3n) is 5.56. The first-order valence-corrected chi connectivity index (χ1v) is 11.4. The van der Waals surface area contributed by atoms with Crippen molar-refractivity contribution in [1.29, 1.82) is 5.26 Å². The van der Waals surface area contributed by atoms with Crippen LogP contribution in [0.4, 0.5) is 5.69 Å². The van der Waals surface area contributed by atoms with E-state index >= 15 is 0 Å². The van der Waals surface area contributed by atoms with Crippen LogP contribution in [0.2, 0.25) is 0 Å². The van der Waals surface area contributed by atoms with E-state index in [0.717, 1.165) is 12.8 Å². The summed E-state index contributed by atoms with van der Waals surface area (Å²) in [6.07, 6.45) is 4.49. The Morgan fingerprint density at radius 1 is 1.36 bits per heavy atom. The largest absolute Gasteiger partial charge is 0.325 e. The molecule has 8 heteroatoms. The molecule has 0 bridgehead atoms. The highest BCUT2D eigenvalue weighted by molar-refractivity contribution is 7.89. The highest BCUT2D eigenvalue weighted by Crippen LogP contribution is 2.35. The van der Waals surface area contributed by atoms with Crippen molar-refractivity contribution in [2.45, 2.75) is 50.0 Å². The Morgan fingerprint density at radius 3 is 2.71 bits per heavy atom. The Labute approximate surface area is 167 Å². The van der Waals surface area contributed by atoms with Gasteiger partial charge in [-0.1, -0.05) is 6.07 Å². The number of hydrogen-bond acceptors (Lipinski definition) is 5. The van der Waals surface area contributed by atoms with Crippen molar-refractivity contribution in [2.24, 2.45) is 5.92 Å². The quantitative estimate of drug-likeness (QED) is 0.682. The van der Waals surface area contributed by atoms with Crippen molar-refractivity contribution in [3.63, 3.8) is 0 Å². The fourth-order valence-corrected chi connectivity index (χ4v) is 5.26. The molecule has 1 N–H and O–H groups in total. The molecule has 1 amide bonds. The molecule has 1 aliphatic heterocycles. The Bertz CT molecular complexity index is 839. The van der Waals surface area contributed by atoms with Gasteiger partial charge in [-0.25, -0.2) is 8.42 Å². The average molecular weight is 405 g/mol. The highest BCUT2D eigenvalue weighted by atomic mass is 32.2. The van der Waals surface area contributed by atoms with Gasteiger partial charge in [-0.3, -0.25) is 9.69 Å². The van der Waals surface area contributed by atoms with E-state index in [-0.39, 0.29) is 23.4 Å². The van der Waals surface area contributed by atoms with Crippen LogP contribution in [-0.4, -0.2) is 55.8 Å². The van der Waals surface area contributed by atoms with Crippen LogP contribution in [0, 0.1) is 17.2 Å². The second-order valence-corrected chi connectivity index (χ2v) is 9.58. The fourth-order valence-electron chi connectivity index (χ4n) is 3.69. The van der Waals surface area contributed by atoms with Crippen LogP contribution in [-0.2, 0) is 14.8 Å². The summed E-state index contributed by atoms with van der Waals surface area (Å²) in [5.74, 6) is 0.404. The van der Waals surface area contributed by atoms with E-state index in [9.17, 15) is 13.2 Å². The van der Waals surface area contributed by atoms with Crippen molar-refractivity contribution >= 4 is 21.6 Å². The van der Waals surface area contributed by atoms with Crippen molar-refractivity contribution in [1.82, 2.24) is 9.21 Å². The lowest BCUT2D eigenvalue weighted by molar-refractivity contribution is -0.117. The summed E-state index contributed by atoms with van der Waals surface area (Å²) in [6.45, 7) is 3.95. The smallest absolute Gasteiger partial charge is 0.243 e. The van der Waals surface area contributed by atoms with Gasteiger partial charge in [-0.15, -0.1) is 0 Å². The molecule has 1 aromatic rings. The number of rotatable bonds is 9. The number of nitrogens with zero attached hydrogens (tertiary/aromatic N) is 3. The zero-order chi connectivity index (χ0) is 20.1. The van der Waals surface area contributed by atoms with Crippen LogP contribution in [0.15, 0.2) is 29.2 Å². The molecule has 1 atom stereocenters. The maximum atomic E-state index is 12.7. The first kappa shape index (κ1) is 20.8. The molecule has 0 aromatic heterocycles. The van der Waals surface area contributed by atoms with Gasteiger partial charge in [0.15, 0.2) is 0 Å². The molecule has 1 aliphatic carbocycles.